The van der Waals surface area contributed by atoms with Crippen molar-refractivity contribution in [3.05, 3.63) is 77.5 Å². The Bertz CT molecular complexity index is 664. The molecule has 2 aromatic carbocycles. The first kappa shape index (κ1) is 17.0. The van der Waals surface area contributed by atoms with E-state index in [4.69, 9.17) is 0 Å². The smallest absolute Gasteiger partial charge is 0.187 e. The van der Waals surface area contributed by atoms with E-state index in [1.54, 1.807) is 12.3 Å². The van der Waals surface area contributed by atoms with Gasteiger partial charge < -0.3 is 5.32 Å². The fraction of sp³-hybridized carbons (Fsp3) is 0.286. The molecule has 2 heteroatoms. The Morgan fingerprint density at radius 2 is 1.30 bits per heavy atom. The van der Waals surface area contributed by atoms with E-state index in [0.717, 1.165) is 5.69 Å². The van der Waals surface area contributed by atoms with Gasteiger partial charge in [-0.3, -0.25) is 4.79 Å². The lowest BCUT2D eigenvalue weighted by Gasteiger charge is -2.07. The minimum Gasteiger partial charge on any atom is -0.362 e. The summed E-state index contributed by atoms with van der Waals surface area (Å²) in [5, 5.41) is 3.14. The van der Waals surface area contributed by atoms with Gasteiger partial charge in [0, 0.05) is 23.5 Å². The molecule has 2 nitrogen and oxygen atoms in total. The van der Waals surface area contributed by atoms with Gasteiger partial charge in [-0.15, -0.1) is 0 Å². The summed E-state index contributed by atoms with van der Waals surface area (Å²) in [4.78, 5) is 12.1. The molecule has 2 aromatic rings. The lowest BCUT2D eigenvalue weighted by molar-refractivity contribution is 0.104. The second-order valence-corrected chi connectivity index (χ2v) is 6.40. The van der Waals surface area contributed by atoms with Crippen molar-refractivity contribution in [2.45, 2.75) is 39.5 Å². The molecule has 120 valence electrons. The monoisotopic (exact) mass is 307 g/mol. The Labute approximate surface area is 139 Å². The molecule has 0 aliphatic heterocycles. The van der Waals surface area contributed by atoms with E-state index in [1.807, 2.05) is 36.4 Å². The summed E-state index contributed by atoms with van der Waals surface area (Å²) in [5.74, 6) is 1.01. The quantitative estimate of drug-likeness (QED) is 0.544. The maximum Gasteiger partial charge on any atom is 0.187 e. The van der Waals surface area contributed by atoms with Crippen molar-refractivity contribution in [2.75, 3.05) is 5.32 Å². The summed E-state index contributed by atoms with van der Waals surface area (Å²) in [6.07, 6.45) is 3.27. The van der Waals surface area contributed by atoms with Crippen LogP contribution >= 0.6 is 0 Å². The predicted molar refractivity (Wildman–Crippen MR) is 98.2 cm³/mol. The second kappa shape index (κ2) is 7.77. The van der Waals surface area contributed by atoms with Crippen molar-refractivity contribution in [3.8, 4) is 0 Å². The van der Waals surface area contributed by atoms with Crippen molar-refractivity contribution in [1.29, 1.82) is 0 Å². The van der Waals surface area contributed by atoms with Gasteiger partial charge in [-0.05, 0) is 35.1 Å². The summed E-state index contributed by atoms with van der Waals surface area (Å²) >= 11 is 0. The highest BCUT2D eigenvalue weighted by atomic mass is 16.1. The molecule has 0 unspecified atom stereocenters. The molecular formula is C21H25NO. The zero-order valence-corrected chi connectivity index (χ0v) is 14.3. The van der Waals surface area contributed by atoms with Crippen molar-refractivity contribution in [3.63, 3.8) is 0 Å². The zero-order chi connectivity index (χ0) is 16.8. The molecule has 0 bridgehead atoms. The zero-order valence-electron chi connectivity index (χ0n) is 14.3. The van der Waals surface area contributed by atoms with E-state index in [2.05, 4.69) is 45.1 Å². The van der Waals surface area contributed by atoms with Crippen LogP contribution in [0.5, 0.6) is 0 Å². The predicted octanol–water partition coefficient (Wildman–Crippen LogP) is 5.74. The summed E-state index contributed by atoms with van der Waals surface area (Å²) in [5.41, 5.74) is 4.24. The average molecular weight is 307 g/mol. The molecule has 0 aliphatic rings. The summed E-state index contributed by atoms with van der Waals surface area (Å²) in [6.45, 7) is 8.63. The number of ketones is 1. The fourth-order valence-electron chi connectivity index (χ4n) is 2.31. The number of allylic oxidation sites excluding steroid dienone is 1. The first-order valence-corrected chi connectivity index (χ1v) is 8.14. The van der Waals surface area contributed by atoms with E-state index in [1.165, 1.54) is 11.1 Å². The van der Waals surface area contributed by atoms with Gasteiger partial charge >= 0.3 is 0 Å². The van der Waals surface area contributed by atoms with Crippen LogP contribution in [0.25, 0.3) is 0 Å². The minimum atomic E-state index is 0.00612. The Balaban J connectivity index is 1.95. The van der Waals surface area contributed by atoms with Crippen LogP contribution < -0.4 is 5.32 Å². The van der Waals surface area contributed by atoms with Crippen LogP contribution in [0.2, 0.25) is 0 Å². The number of carbonyl (C=O) groups is 1. The van der Waals surface area contributed by atoms with E-state index < -0.39 is 0 Å². The number of benzene rings is 2. The van der Waals surface area contributed by atoms with Crippen molar-refractivity contribution < 1.29 is 4.79 Å². The molecule has 0 atom stereocenters. The average Bonchev–Trinajstić information content (AvgIpc) is 2.55. The van der Waals surface area contributed by atoms with E-state index >= 15 is 0 Å². The largest absolute Gasteiger partial charge is 0.362 e. The van der Waals surface area contributed by atoms with E-state index in [9.17, 15) is 4.79 Å². The Hall–Kier alpha value is -2.35. The standard InChI is InChI=1S/C21H25NO/c1-15(2)17-5-7-19(8-6-17)21(23)13-14-22-20-11-9-18(10-12-20)16(3)4/h5-16,22H,1-4H3. The van der Waals surface area contributed by atoms with Gasteiger partial charge in [0.15, 0.2) is 5.78 Å². The lowest BCUT2D eigenvalue weighted by atomic mass is 10.0. The van der Waals surface area contributed by atoms with Crippen LogP contribution in [-0.2, 0) is 0 Å². The Kier molecular flexibility index (Phi) is 5.75. The maximum atomic E-state index is 12.1. The van der Waals surface area contributed by atoms with Crippen LogP contribution in [-0.4, -0.2) is 5.78 Å². The molecule has 0 amide bonds. The molecule has 0 fully saturated rings. The van der Waals surface area contributed by atoms with Gasteiger partial charge in [-0.1, -0.05) is 64.1 Å². The summed E-state index contributed by atoms with van der Waals surface area (Å²) in [6, 6.07) is 16.1. The summed E-state index contributed by atoms with van der Waals surface area (Å²) < 4.78 is 0. The van der Waals surface area contributed by atoms with Gasteiger partial charge in [-0.25, -0.2) is 0 Å². The van der Waals surface area contributed by atoms with Gasteiger partial charge in [-0.2, -0.15) is 0 Å². The number of hydrogen-bond donors (Lipinski definition) is 1. The minimum absolute atomic E-state index is 0.00612. The van der Waals surface area contributed by atoms with Gasteiger partial charge in [0.25, 0.3) is 0 Å². The maximum absolute atomic E-state index is 12.1. The molecule has 1 N–H and O–H groups in total. The number of rotatable bonds is 6. The highest BCUT2D eigenvalue weighted by Crippen LogP contribution is 2.17. The second-order valence-electron chi connectivity index (χ2n) is 6.40. The fourth-order valence-corrected chi connectivity index (χ4v) is 2.31. The molecule has 0 spiro atoms. The van der Waals surface area contributed by atoms with Crippen molar-refractivity contribution in [2.24, 2.45) is 0 Å². The van der Waals surface area contributed by atoms with Crippen molar-refractivity contribution >= 4 is 11.5 Å². The van der Waals surface area contributed by atoms with Crippen LogP contribution in [0.15, 0.2) is 60.8 Å². The van der Waals surface area contributed by atoms with E-state index in [-0.39, 0.29) is 5.78 Å². The molecule has 2 rings (SSSR count). The molecule has 0 saturated carbocycles. The first-order chi connectivity index (χ1) is 11.0. The van der Waals surface area contributed by atoms with Gasteiger partial charge in [0.1, 0.15) is 0 Å². The highest BCUT2D eigenvalue weighted by molar-refractivity contribution is 6.04. The number of nitrogens with one attached hydrogen (secondary N) is 1. The molecule has 0 aliphatic carbocycles. The topological polar surface area (TPSA) is 29.1 Å². The third-order valence-electron chi connectivity index (χ3n) is 3.92. The van der Waals surface area contributed by atoms with Crippen molar-refractivity contribution in [1.82, 2.24) is 0 Å². The normalized spacial score (nSPS) is 11.4. The molecule has 23 heavy (non-hydrogen) atoms. The Morgan fingerprint density at radius 1 is 0.826 bits per heavy atom. The third-order valence-corrected chi connectivity index (χ3v) is 3.92. The van der Waals surface area contributed by atoms with Crippen LogP contribution in [0.1, 0.15) is 61.0 Å². The van der Waals surface area contributed by atoms with Crippen LogP contribution in [0.3, 0.4) is 0 Å². The molecule has 0 radical (unpaired) electrons. The molecular weight excluding hydrogens is 282 g/mol. The Morgan fingerprint density at radius 3 is 1.78 bits per heavy atom. The van der Waals surface area contributed by atoms with E-state index in [0.29, 0.717) is 17.4 Å². The van der Waals surface area contributed by atoms with Gasteiger partial charge in [0.2, 0.25) is 0 Å². The SMILES string of the molecule is CC(C)c1ccc(NC=CC(=O)c2ccc(C(C)C)cc2)cc1. The van der Waals surface area contributed by atoms with Gasteiger partial charge in [0.05, 0.1) is 0 Å². The number of hydrogen-bond acceptors (Lipinski definition) is 2. The highest BCUT2D eigenvalue weighted by Gasteiger charge is 2.03. The summed E-state index contributed by atoms with van der Waals surface area (Å²) in [7, 11) is 0. The molecule has 0 aromatic heterocycles. The molecule has 0 saturated heterocycles. The number of anilines is 1. The first-order valence-electron chi connectivity index (χ1n) is 8.14. The van der Waals surface area contributed by atoms with Crippen LogP contribution in [0.4, 0.5) is 5.69 Å². The molecule has 0 heterocycles. The third kappa shape index (κ3) is 4.82. The van der Waals surface area contributed by atoms with Crippen LogP contribution in [0, 0.1) is 0 Å². The number of carbonyl (C=O) groups excluding carboxylic acids is 1. The lowest BCUT2D eigenvalue weighted by Crippen LogP contribution is -1.97.